The van der Waals surface area contributed by atoms with Crippen molar-refractivity contribution in [3.8, 4) is 5.75 Å². The van der Waals surface area contributed by atoms with Crippen LogP contribution in [0.4, 0.5) is 5.69 Å². The maximum atomic E-state index is 12.3. The fraction of sp³-hybridized carbons (Fsp3) is 0.429. The van der Waals surface area contributed by atoms with Gasteiger partial charge in [0.15, 0.2) is 0 Å². The van der Waals surface area contributed by atoms with E-state index in [0.29, 0.717) is 24.3 Å². The summed E-state index contributed by atoms with van der Waals surface area (Å²) >= 11 is 0. The smallest absolute Gasteiger partial charge is 0.256 e. The summed E-state index contributed by atoms with van der Waals surface area (Å²) in [6.45, 7) is 2.63. The molecule has 4 N–H and O–H groups in total. The molecule has 0 spiro atoms. The van der Waals surface area contributed by atoms with Crippen molar-refractivity contribution in [2.45, 2.75) is 25.8 Å². The zero-order valence-electron chi connectivity index (χ0n) is 11.4. The summed E-state index contributed by atoms with van der Waals surface area (Å²) in [5.41, 5.74) is 6.45. The van der Waals surface area contributed by atoms with Crippen LogP contribution in [-0.4, -0.2) is 41.0 Å². The molecule has 1 heterocycles. The number of anilines is 1. The normalized spacial score (nSPS) is 15.9. The Bertz CT molecular complexity index is 522. The first-order valence-corrected chi connectivity index (χ1v) is 6.62. The van der Waals surface area contributed by atoms with Crippen LogP contribution in [0.25, 0.3) is 0 Å². The summed E-state index contributed by atoms with van der Waals surface area (Å²) in [6.07, 6.45) is 1.45. The molecule has 6 nitrogen and oxygen atoms in total. The van der Waals surface area contributed by atoms with Crippen molar-refractivity contribution in [2.24, 2.45) is 0 Å². The quantitative estimate of drug-likeness (QED) is 0.548. The molecule has 20 heavy (non-hydrogen) atoms. The van der Waals surface area contributed by atoms with E-state index in [1.807, 2.05) is 0 Å². The Balaban J connectivity index is 2.01. The van der Waals surface area contributed by atoms with Crippen LogP contribution in [0.3, 0.4) is 0 Å². The lowest BCUT2D eigenvalue weighted by Crippen LogP contribution is -2.46. The highest BCUT2D eigenvalue weighted by Gasteiger charge is 2.25. The van der Waals surface area contributed by atoms with Crippen molar-refractivity contribution in [3.05, 3.63) is 23.8 Å². The Kier molecular flexibility index (Phi) is 4.12. The topological polar surface area (TPSA) is 95.7 Å². The Morgan fingerprint density at radius 2 is 2.00 bits per heavy atom. The number of likely N-dealkylation sites (tertiary alicyclic amines) is 1. The van der Waals surface area contributed by atoms with Crippen molar-refractivity contribution in [1.82, 2.24) is 10.2 Å². The third-order valence-corrected chi connectivity index (χ3v) is 3.46. The summed E-state index contributed by atoms with van der Waals surface area (Å²) < 4.78 is 0. The van der Waals surface area contributed by atoms with Crippen LogP contribution in [0.1, 0.15) is 30.1 Å². The van der Waals surface area contributed by atoms with Crippen molar-refractivity contribution in [1.29, 1.82) is 0 Å². The van der Waals surface area contributed by atoms with Gasteiger partial charge in [-0.1, -0.05) is 0 Å². The van der Waals surface area contributed by atoms with Crippen LogP contribution in [0.5, 0.6) is 5.75 Å². The standard InChI is InChI=1S/C14H19N3O3/c1-9(18)16-10-4-6-17(7-5-10)14(20)12-8-11(19)2-3-13(12)15/h2-3,8,10,19H,4-7,15H2,1H3,(H,16,18). The molecule has 1 saturated heterocycles. The molecule has 1 aliphatic heterocycles. The van der Waals surface area contributed by atoms with E-state index < -0.39 is 0 Å². The Labute approximate surface area is 117 Å². The van der Waals surface area contributed by atoms with Gasteiger partial charge in [-0.15, -0.1) is 0 Å². The summed E-state index contributed by atoms with van der Waals surface area (Å²) in [5.74, 6) is -0.206. The first kappa shape index (κ1) is 14.2. The molecule has 1 aromatic carbocycles. The maximum absolute atomic E-state index is 12.3. The van der Waals surface area contributed by atoms with E-state index in [2.05, 4.69) is 5.32 Å². The van der Waals surface area contributed by atoms with Gasteiger partial charge in [-0.25, -0.2) is 0 Å². The van der Waals surface area contributed by atoms with Crippen LogP contribution in [0.2, 0.25) is 0 Å². The molecule has 0 aromatic heterocycles. The zero-order valence-corrected chi connectivity index (χ0v) is 11.4. The van der Waals surface area contributed by atoms with Crippen LogP contribution in [-0.2, 0) is 4.79 Å². The number of phenolic OH excluding ortho intramolecular Hbond substituents is 1. The SMILES string of the molecule is CC(=O)NC1CCN(C(=O)c2cc(O)ccc2N)CC1. The fourth-order valence-corrected chi connectivity index (χ4v) is 2.41. The maximum Gasteiger partial charge on any atom is 0.256 e. The molecule has 0 aliphatic carbocycles. The third-order valence-electron chi connectivity index (χ3n) is 3.46. The molecule has 0 atom stereocenters. The highest BCUT2D eigenvalue weighted by atomic mass is 16.3. The van der Waals surface area contributed by atoms with Crippen molar-refractivity contribution in [3.63, 3.8) is 0 Å². The molecule has 0 unspecified atom stereocenters. The van der Waals surface area contributed by atoms with Gasteiger partial charge in [-0.3, -0.25) is 9.59 Å². The third kappa shape index (κ3) is 3.20. The summed E-state index contributed by atoms with van der Waals surface area (Å²) in [6, 6.07) is 4.48. The minimum absolute atomic E-state index is 0.0238. The number of carbonyl (C=O) groups is 2. The fourth-order valence-electron chi connectivity index (χ4n) is 2.41. The molecule has 0 radical (unpaired) electrons. The molecule has 2 rings (SSSR count). The molecule has 0 saturated carbocycles. The van der Waals surface area contributed by atoms with Crippen molar-refractivity contribution >= 4 is 17.5 Å². The van der Waals surface area contributed by atoms with E-state index >= 15 is 0 Å². The van der Waals surface area contributed by atoms with Gasteiger partial charge >= 0.3 is 0 Å². The number of hydrogen-bond acceptors (Lipinski definition) is 4. The lowest BCUT2D eigenvalue weighted by Gasteiger charge is -2.32. The van der Waals surface area contributed by atoms with Gasteiger partial charge in [-0.2, -0.15) is 0 Å². The number of hydrogen-bond donors (Lipinski definition) is 3. The molecule has 1 aliphatic rings. The summed E-state index contributed by atoms with van der Waals surface area (Å²) in [4.78, 5) is 25.0. The number of benzene rings is 1. The van der Waals surface area contributed by atoms with Gasteiger partial charge in [-0.05, 0) is 31.0 Å². The highest BCUT2D eigenvalue weighted by Crippen LogP contribution is 2.22. The van der Waals surface area contributed by atoms with Crippen LogP contribution < -0.4 is 11.1 Å². The number of carbonyl (C=O) groups excluding carboxylic acids is 2. The van der Waals surface area contributed by atoms with Crippen molar-refractivity contribution < 1.29 is 14.7 Å². The number of amides is 2. The first-order chi connectivity index (χ1) is 9.47. The molecule has 108 valence electrons. The second-order valence-electron chi connectivity index (χ2n) is 5.04. The second-order valence-corrected chi connectivity index (χ2v) is 5.04. The van der Waals surface area contributed by atoms with Gasteiger partial charge in [0.05, 0.1) is 5.56 Å². The largest absolute Gasteiger partial charge is 0.508 e. The number of nitrogen functional groups attached to an aromatic ring is 1. The van der Waals surface area contributed by atoms with Gasteiger partial charge in [0.1, 0.15) is 5.75 Å². The molecule has 1 aromatic rings. The molecule has 1 fully saturated rings. The Morgan fingerprint density at radius 3 is 2.60 bits per heavy atom. The molecular weight excluding hydrogens is 258 g/mol. The van der Waals surface area contributed by atoms with Gasteiger partial charge in [0.2, 0.25) is 5.91 Å². The second kappa shape index (κ2) is 5.81. The van der Waals surface area contributed by atoms with Crippen LogP contribution >= 0.6 is 0 Å². The van der Waals surface area contributed by atoms with E-state index in [-0.39, 0.29) is 23.6 Å². The van der Waals surface area contributed by atoms with Crippen LogP contribution in [0, 0.1) is 0 Å². The molecular formula is C14H19N3O3. The number of aromatic hydroxyl groups is 1. The van der Waals surface area contributed by atoms with E-state index in [4.69, 9.17) is 5.73 Å². The molecule has 6 heteroatoms. The predicted molar refractivity (Wildman–Crippen MR) is 75.3 cm³/mol. The number of piperidine rings is 1. The average Bonchev–Trinajstić information content (AvgIpc) is 2.41. The Morgan fingerprint density at radius 1 is 1.35 bits per heavy atom. The number of nitrogens with zero attached hydrogens (tertiary/aromatic N) is 1. The van der Waals surface area contributed by atoms with Crippen molar-refractivity contribution in [2.75, 3.05) is 18.8 Å². The summed E-state index contributed by atoms with van der Waals surface area (Å²) in [7, 11) is 0. The van der Waals surface area contributed by atoms with E-state index in [1.165, 1.54) is 25.1 Å². The monoisotopic (exact) mass is 277 g/mol. The Hall–Kier alpha value is -2.24. The number of phenols is 1. The van der Waals surface area contributed by atoms with E-state index in [0.717, 1.165) is 12.8 Å². The number of nitrogens with two attached hydrogens (primary N) is 1. The van der Waals surface area contributed by atoms with Crippen LogP contribution in [0.15, 0.2) is 18.2 Å². The number of nitrogens with one attached hydrogen (secondary N) is 1. The minimum Gasteiger partial charge on any atom is -0.508 e. The summed E-state index contributed by atoms with van der Waals surface area (Å²) in [5, 5.41) is 12.3. The lowest BCUT2D eigenvalue weighted by molar-refractivity contribution is -0.119. The van der Waals surface area contributed by atoms with Gasteiger partial charge in [0.25, 0.3) is 5.91 Å². The van der Waals surface area contributed by atoms with E-state index in [9.17, 15) is 14.7 Å². The van der Waals surface area contributed by atoms with E-state index in [1.54, 1.807) is 4.90 Å². The molecule has 0 bridgehead atoms. The highest BCUT2D eigenvalue weighted by molar-refractivity contribution is 5.99. The lowest BCUT2D eigenvalue weighted by atomic mass is 10.0. The zero-order chi connectivity index (χ0) is 14.7. The molecule has 2 amide bonds. The average molecular weight is 277 g/mol. The van der Waals surface area contributed by atoms with Gasteiger partial charge < -0.3 is 21.1 Å². The first-order valence-electron chi connectivity index (χ1n) is 6.62. The minimum atomic E-state index is -0.181. The van der Waals surface area contributed by atoms with Gasteiger partial charge in [0, 0.05) is 31.7 Å². The predicted octanol–water partition coefficient (Wildman–Crippen LogP) is 0.715. The number of rotatable bonds is 2.